The van der Waals surface area contributed by atoms with Crippen molar-refractivity contribution in [2.75, 3.05) is 17.6 Å². The summed E-state index contributed by atoms with van der Waals surface area (Å²) in [6, 6.07) is 6.11. The molecule has 2 aromatic rings. The molecule has 0 aliphatic carbocycles. The van der Waals surface area contributed by atoms with Crippen LogP contribution in [-0.4, -0.2) is 11.5 Å². The molecule has 0 unspecified atom stereocenters. The molecule has 0 radical (unpaired) electrons. The lowest BCUT2D eigenvalue weighted by Crippen LogP contribution is -2.28. The van der Waals surface area contributed by atoms with Crippen molar-refractivity contribution in [3.05, 3.63) is 30.1 Å². The van der Waals surface area contributed by atoms with Crippen LogP contribution in [0, 0.1) is 18.3 Å². The maximum atomic E-state index is 6.04. The van der Waals surface area contributed by atoms with Gasteiger partial charge in [0, 0.05) is 40.6 Å². The molecule has 0 amide bonds. The highest BCUT2D eigenvalue weighted by molar-refractivity contribution is 6.00. The molecular formula is C17H25N3. The molecule has 2 rings (SSSR count). The molecule has 1 aromatic carbocycles. The van der Waals surface area contributed by atoms with Crippen molar-refractivity contribution in [1.29, 1.82) is 0 Å². The largest absolute Gasteiger partial charge is 0.398 e. The molecule has 108 valence electrons. The number of aromatic nitrogens is 1. The van der Waals surface area contributed by atoms with Gasteiger partial charge in [-0.1, -0.05) is 27.7 Å². The topological polar surface area (TPSA) is 50.9 Å². The molecule has 20 heavy (non-hydrogen) atoms. The van der Waals surface area contributed by atoms with Crippen molar-refractivity contribution in [1.82, 2.24) is 4.98 Å². The number of hydrogen-bond donors (Lipinski definition) is 2. The van der Waals surface area contributed by atoms with Crippen LogP contribution in [0.4, 0.5) is 11.4 Å². The molecule has 0 aliphatic rings. The quantitative estimate of drug-likeness (QED) is 0.819. The summed E-state index contributed by atoms with van der Waals surface area (Å²) in [5.41, 5.74) is 9.20. The van der Waals surface area contributed by atoms with Gasteiger partial charge in [0.25, 0.3) is 0 Å². The molecule has 3 N–H and O–H groups in total. The van der Waals surface area contributed by atoms with Crippen molar-refractivity contribution < 1.29 is 0 Å². The van der Waals surface area contributed by atoms with E-state index in [0.717, 1.165) is 34.4 Å². The van der Waals surface area contributed by atoms with Crippen molar-refractivity contribution in [3.8, 4) is 0 Å². The number of nitrogen functional groups attached to an aromatic ring is 1. The summed E-state index contributed by atoms with van der Waals surface area (Å²) in [5.74, 6) is 0.624. The van der Waals surface area contributed by atoms with Gasteiger partial charge in [-0.2, -0.15) is 0 Å². The summed E-state index contributed by atoms with van der Waals surface area (Å²) >= 11 is 0. The summed E-state index contributed by atoms with van der Waals surface area (Å²) < 4.78 is 0. The normalized spacial score (nSPS) is 12.1. The van der Waals surface area contributed by atoms with Gasteiger partial charge in [0.1, 0.15) is 0 Å². The van der Waals surface area contributed by atoms with Crippen LogP contribution in [0.1, 0.15) is 33.4 Å². The summed E-state index contributed by atoms with van der Waals surface area (Å²) in [5, 5.41) is 5.75. The Bertz CT molecular complexity index is 615. The molecule has 1 aromatic heterocycles. The van der Waals surface area contributed by atoms with E-state index in [9.17, 15) is 0 Å². The van der Waals surface area contributed by atoms with Crippen molar-refractivity contribution in [3.63, 3.8) is 0 Å². The molecular weight excluding hydrogens is 246 g/mol. The lowest BCUT2D eigenvalue weighted by Gasteiger charge is -2.30. The van der Waals surface area contributed by atoms with Crippen molar-refractivity contribution >= 4 is 22.1 Å². The zero-order valence-electron chi connectivity index (χ0n) is 13.1. The second kappa shape index (κ2) is 5.31. The minimum absolute atomic E-state index is 0.246. The van der Waals surface area contributed by atoms with E-state index in [4.69, 9.17) is 5.73 Å². The Morgan fingerprint density at radius 3 is 2.60 bits per heavy atom. The molecule has 1 heterocycles. The highest BCUT2D eigenvalue weighted by Gasteiger charge is 2.22. The fourth-order valence-electron chi connectivity index (χ4n) is 2.05. The zero-order valence-corrected chi connectivity index (χ0v) is 13.1. The van der Waals surface area contributed by atoms with E-state index in [1.807, 2.05) is 19.2 Å². The monoisotopic (exact) mass is 271 g/mol. The third kappa shape index (κ3) is 2.87. The Morgan fingerprint density at radius 2 is 1.95 bits per heavy atom. The van der Waals surface area contributed by atoms with Crippen LogP contribution in [0.3, 0.4) is 0 Å². The predicted octanol–water partition coefficient (Wildman–Crippen LogP) is 4.22. The van der Waals surface area contributed by atoms with Crippen LogP contribution in [0.5, 0.6) is 0 Å². The number of fused-ring (bicyclic) bond motifs is 1. The van der Waals surface area contributed by atoms with E-state index in [1.165, 1.54) is 0 Å². The van der Waals surface area contributed by atoms with E-state index >= 15 is 0 Å². The van der Waals surface area contributed by atoms with Gasteiger partial charge in [0.15, 0.2) is 0 Å². The first-order valence-electron chi connectivity index (χ1n) is 7.20. The second-order valence-electron chi connectivity index (χ2n) is 6.57. The Balaban J connectivity index is 2.36. The average Bonchev–Trinajstić information content (AvgIpc) is 2.37. The Hall–Kier alpha value is -1.77. The van der Waals surface area contributed by atoms with Gasteiger partial charge >= 0.3 is 0 Å². The summed E-state index contributed by atoms with van der Waals surface area (Å²) in [7, 11) is 0. The number of aryl methyl sites for hydroxylation is 1. The highest BCUT2D eigenvalue weighted by atomic mass is 14.9. The smallest absolute Gasteiger partial charge is 0.0422 e. The van der Waals surface area contributed by atoms with Crippen LogP contribution in [0.25, 0.3) is 10.8 Å². The van der Waals surface area contributed by atoms with Gasteiger partial charge in [-0.15, -0.1) is 0 Å². The predicted molar refractivity (Wildman–Crippen MR) is 88.0 cm³/mol. The Kier molecular flexibility index (Phi) is 3.89. The Labute approximate surface area is 121 Å². The van der Waals surface area contributed by atoms with Gasteiger partial charge in [0.05, 0.1) is 0 Å². The first-order valence-corrected chi connectivity index (χ1v) is 7.20. The SMILES string of the molecule is Cc1cc2c(NCC(C)(C)C(C)C)ccc(N)c2cn1. The molecule has 0 spiro atoms. The minimum Gasteiger partial charge on any atom is -0.398 e. The van der Waals surface area contributed by atoms with Crippen LogP contribution in [-0.2, 0) is 0 Å². The summed E-state index contributed by atoms with van der Waals surface area (Å²) in [6.45, 7) is 12.0. The summed E-state index contributed by atoms with van der Waals surface area (Å²) in [4.78, 5) is 4.34. The third-order valence-corrected chi connectivity index (χ3v) is 4.37. The van der Waals surface area contributed by atoms with E-state index < -0.39 is 0 Å². The minimum atomic E-state index is 0.246. The van der Waals surface area contributed by atoms with Gasteiger partial charge in [-0.3, -0.25) is 4.98 Å². The molecule has 3 heteroatoms. The molecule has 0 atom stereocenters. The van der Waals surface area contributed by atoms with Crippen LogP contribution in [0.15, 0.2) is 24.4 Å². The van der Waals surface area contributed by atoms with Crippen molar-refractivity contribution in [2.45, 2.75) is 34.6 Å². The van der Waals surface area contributed by atoms with Gasteiger partial charge in [-0.05, 0) is 36.5 Å². The molecule has 0 bridgehead atoms. The van der Waals surface area contributed by atoms with E-state index in [2.05, 4.69) is 50.1 Å². The first-order chi connectivity index (χ1) is 9.31. The van der Waals surface area contributed by atoms with Gasteiger partial charge < -0.3 is 11.1 Å². The standard InChI is InChI=1S/C17H25N3/c1-11(2)17(4,5)10-20-16-7-6-15(18)14-9-19-12(3)8-13(14)16/h6-9,11,20H,10,18H2,1-5H3. The number of nitrogens with one attached hydrogen (secondary N) is 1. The van der Waals surface area contributed by atoms with E-state index in [0.29, 0.717) is 5.92 Å². The molecule has 0 saturated heterocycles. The number of rotatable bonds is 4. The van der Waals surface area contributed by atoms with Gasteiger partial charge in [-0.25, -0.2) is 0 Å². The Morgan fingerprint density at radius 1 is 1.25 bits per heavy atom. The third-order valence-electron chi connectivity index (χ3n) is 4.37. The zero-order chi connectivity index (χ0) is 14.9. The number of nitrogens with two attached hydrogens (primary N) is 1. The number of anilines is 2. The summed E-state index contributed by atoms with van der Waals surface area (Å²) in [6.07, 6.45) is 1.86. The number of benzene rings is 1. The average molecular weight is 271 g/mol. The molecule has 0 saturated carbocycles. The van der Waals surface area contributed by atoms with Crippen LogP contribution < -0.4 is 11.1 Å². The molecule has 0 aliphatic heterocycles. The van der Waals surface area contributed by atoms with Crippen molar-refractivity contribution in [2.24, 2.45) is 11.3 Å². The lowest BCUT2D eigenvalue weighted by atomic mass is 9.81. The maximum Gasteiger partial charge on any atom is 0.0422 e. The van der Waals surface area contributed by atoms with Crippen LogP contribution in [0.2, 0.25) is 0 Å². The second-order valence-corrected chi connectivity index (χ2v) is 6.57. The van der Waals surface area contributed by atoms with E-state index in [-0.39, 0.29) is 5.41 Å². The fourth-order valence-corrected chi connectivity index (χ4v) is 2.05. The van der Waals surface area contributed by atoms with E-state index in [1.54, 1.807) is 0 Å². The van der Waals surface area contributed by atoms with Crippen LogP contribution >= 0.6 is 0 Å². The maximum absolute atomic E-state index is 6.04. The first kappa shape index (κ1) is 14.6. The number of pyridine rings is 1. The highest BCUT2D eigenvalue weighted by Crippen LogP contribution is 2.31. The fraction of sp³-hybridized carbons (Fsp3) is 0.471. The number of nitrogens with zero attached hydrogens (tertiary/aromatic N) is 1. The molecule has 0 fully saturated rings. The number of hydrogen-bond acceptors (Lipinski definition) is 3. The molecule has 3 nitrogen and oxygen atoms in total. The lowest BCUT2D eigenvalue weighted by molar-refractivity contribution is 0.270. The van der Waals surface area contributed by atoms with Gasteiger partial charge in [0.2, 0.25) is 0 Å².